The molecule has 0 aromatic heterocycles. The minimum atomic E-state index is -3.22. The molecule has 1 atom stereocenters. The van der Waals surface area contributed by atoms with Crippen molar-refractivity contribution in [1.29, 1.82) is 0 Å². The number of carbonyl (C=O) groups excluding carboxylic acids is 1. The second kappa shape index (κ2) is 6.54. The molecule has 0 aliphatic carbocycles. The predicted molar refractivity (Wildman–Crippen MR) is 82.2 cm³/mol. The van der Waals surface area contributed by atoms with Gasteiger partial charge in [0.05, 0.1) is 6.26 Å². The third-order valence-electron chi connectivity index (χ3n) is 3.61. The largest absolute Gasteiger partial charge is 0.294 e. The first kappa shape index (κ1) is 16.6. The Kier molecular flexibility index (Phi) is 5.16. The average molecular weight is 378 g/mol. The van der Waals surface area contributed by atoms with Crippen LogP contribution in [0.5, 0.6) is 0 Å². The third kappa shape index (κ3) is 4.59. The molecule has 4 nitrogen and oxygen atoms in total. The number of piperidine rings is 1. The number of benzene rings is 1. The lowest BCUT2D eigenvalue weighted by Crippen LogP contribution is -2.39. The highest BCUT2D eigenvalue weighted by Gasteiger charge is 2.27. The Bertz CT molecular complexity index is 627. The van der Waals surface area contributed by atoms with E-state index in [0.29, 0.717) is 23.1 Å². The topological polar surface area (TPSA) is 54.5 Å². The van der Waals surface area contributed by atoms with Crippen LogP contribution in [0.3, 0.4) is 0 Å². The summed E-state index contributed by atoms with van der Waals surface area (Å²) in [5.74, 6) is -0.632. The second-order valence-corrected chi connectivity index (χ2v) is 8.31. The number of carbonyl (C=O) groups is 1. The summed E-state index contributed by atoms with van der Waals surface area (Å²) in [6, 6.07) is 4.09. The van der Waals surface area contributed by atoms with Crippen molar-refractivity contribution in [2.24, 2.45) is 5.92 Å². The number of sulfonamides is 1. The molecule has 0 bridgehead atoms. The summed E-state index contributed by atoms with van der Waals surface area (Å²) in [5.41, 5.74) is 0.318. The summed E-state index contributed by atoms with van der Waals surface area (Å²) in [6.07, 6.45) is 2.98. The minimum Gasteiger partial charge on any atom is -0.294 e. The maximum atomic E-state index is 13.3. The summed E-state index contributed by atoms with van der Waals surface area (Å²) in [7, 11) is -3.22. The summed E-state index contributed by atoms with van der Waals surface area (Å²) < 4.78 is 38.4. The maximum Gasteiger partial charge on any atom is 0.211 e. The van der Waals surface area contributed by atoms with Crippen LogP contribution in [-0.4, -0.2) is 37.9 Å². The number of Topliss-reactive ketones (excluding diaryl/α,β-unsaturated/α-hetero) is 1. The van der Waals surface area contributed by atoms with E-state index in [-0.39, 0.29) is 18.1 Å². The Labute approximate surface area is 132 Å². The van der Waals surface area contributed by atoms with Gasteiger partial charge in [0.2, 0.25) is 10.0 Å². The van der Waals surface area contributed by atoms with Crippen molar-refractivity contribution in [2.75, 3.05) is 19.3 Å². The molecule has 1 saturated heterocycles. The van der Waals surface area contributed by atoms with E-state index >= 15 is 0 Å². The molecule has 1 aromatic rings. The van der Waals surface area contributed by atoms with Gasteiger partial charge in [-0.1, -0.05) is 15.9 Å². The van der Waals surface area contributed by atoms with Crippen LogP contribution in [0.15, 0.2) is 22.7 Å². The number of nitrogens with zero attached hydrogens (tertiary/aromatic N) is 1. The molecule has 1 unspecified atom stereocenters. The number of hydrogen-bond acceptors (Lipinski definition) is 3. The highest BCUT2D eigenvalue weighted by Crippen LogP contribution is 2.24. The second-order valence-electron chi connectivity index (χ2n) is 5.41. The molecular weight excluding hydrogens is 361 g/mol. The Morgan fingerprint density at radius 3 is 2.76 bits per heavy atom. The van der Waals surface area contributed by atoms with E-state index in [1.54, 1.807) is 6.07 Å². The number of hydrogen-bond donors (Lipinski definition) is 0. The first-order valence-electron chi connectivity index (χ1n) is 6.70. The molecule has 1 aromatic carbocycles. The van der Waals surface area contributed by atoms with Crippen LogP contribution < -0.4 is 0 Å². The van der Waals surface area contributed by atoms with Crippen LogP contribution in [-0.2, 0) is 10.0 Å². The van der Waals surface area contributed by atoms with Crippen LogP contribution in [0.4, 0.5) is 4.39 Å². The molecule has 1 aliphatic heterocycles. The van der Waals surface area contributed by atoms with Crippen molar-refractivity contribution in [3.05, 3.63) is 34.1 Å². The minimum absolute atomic E-state index is 0.0111. The molecule has 0 N–H and O–H groups in total. The van der Waals surface area contributed by atoms with Gasteiger partial charge in [-0.25, -0.2) is 17.1 Å². The smallest absolute Gasteiger partial charge is 0.211 e. The summed E-state index contributed by atoms with van der Waals surface area (Å²) in [5, 5.41) is 0. The third-order valence-corrected chi connectivity index (χ3v) is 5.34. The zero-order valence-corrected chi connectivity index (χ0v) is 14.1. The molecule has 0 saturated carbocycles. The van der Waals surface area contributed by atoms with Crippen LogP contribution in [0, 0.1) is 11.7 Å². The van der Waals surface area contributed by atoms with E-state index in [1.807, 2.05) is 0 Å². The standard InChI is InChI=1S/C14H17BrFNO3S/c1-21(19,20)17-4-2-3-10(9-17)5-14(18)11-6-12(15)8-13(16)7-11/h6-8,10H,2-5,9H2,1H3. The van der Waals surface area contributed by atoms with Crippen LogP contribution in [0.2, 0.25) is 0 Å². The first-order valence-corrected chi connectivity index (χ1v) is 9.34. The fraction of sp³-hybridized carbons (Fsp3) is 0.500. The normalized spacial score (nSPS) is 20.4. The van der Waals surface area contributed by atoms with Crippen molar-refractivity contribution >= 4 is 31.7 Å². The number of ketones is 1. The van der Waals surface area contributed by atoms with E-state index in [0.717, 1.165) is 12.8 Å². The summed E-state index contributed by atoms with van der Waals surface area (Å²) >= 11 is 3.16. The van der Waals surface area contributed by atoms with Gasteiger partial charge in [-0.05, 0) is 37.0 Å². The molecular formula is C14H17BrFNO3S. The van der Waals surface area contributed by atoms with E-state index in [9.17, 15) is 17.6 Å². The molecule has 1 heterocycles. The van der Waals surface area contributed by atoms with Crippen molar-refractivity contribution in [3.8, 4) is 0 Å². The average Bonchev–Trinajstić information content (AvgIpc) is 2.37. The van der Waals surface area contributed by atoms with Gasteiger partial charge >= 0.3 is 0 Å². The van der Waals surface area contributed by atoms with E-state index in [1.165, 1.54) is 22.7 Å². The Morgan fingerprint density at radius 1 is 1.43 bits per heavy atom. The summed E-state index contributed by atoms with van der Waals surface area (Å²) in [4.78, 5) is 12.2. The Balaban J connectivity index is 2.05. The van der Waals surface area contributed by atoms with Crippen LogP contribution in [0.25, 0.3) is 0 Å². The zero-order valence-electron chi connectivity index (χ0n) is 11.7. The molecule has 2 rings (SSSR count). The van der Waals surface area contributed by atoms with Gasteiger partial charge in [0.15, 0.2) is 5.78 Å². The molecule has 116 valence electrons. The molecule has 0 radical (unpaired) electrons. The molecule has 0 amide bonds. The van der Waals surface area contributed by atoms with Gasteiger partial charge in [0.25, 0.3) is 0 Å². The monoisotopic (exact) mass is 377 g/mol. The van der Waals surface area contributed by atoms with Crippen molar-refractivity contribution in [3.63, 3.8) is 0 Å². The van der Waals surface area contributed by atoms with Crippen LogP contribution >= 0.6 is 15.9 Å². The summed E-state index contributed by atoms with van der Waals surface area (Å²) in [6.45, 7) is 0.871. The fourth-order valence-electron chi connectivity index (χ4n) is 2.59. The van der Waals surface area contributed by atoms with Gasteiger partial charge in [-0.2, -0.15) is 0 Å². The van der Waals surface area contributed by atoms with Gasteiger partial charge in [-0.3, -0.25) is 4.79 Å². The predicted octanol–water partition coefficient (Wildman–Crippen LogP) is 2.83. The highest BCUT2D eigenvalue weighted by atomic mass is 79.9. The molecule has 0 spiro atoms. The van der Waals surface area contributed by atoms with E-state index < -0.39 is 15.8 Å². The van der Waals surface area contributed by atoms with E-state index in [4.69, 9.17) is 0 Å². The van der Waals surface area contributed by atoms with Gasteiger partial charge in [-0.15, -0.1) is 0 Å². The highest BCUT2D eigenvalue weighted by molar-refractivity contribution is 9.10. The van der Waals surface area contributed by atoms with Gasteiger partial charge < -0.3 is 0 Å². The van der Waals surface area contributed by atoms with Crippen LogP contribution in [0.1, 0.15) is 29.6 Å². The van der Waals surface area contributed by atoms with Gasteiger partial charge in [0.1, 0.15) is 5.82 Å². The van der Waals surface area contributed by atoms with E-state index in [2.05, 4.69) is 15.9 Å². The molecule has 1 aliphatic rings. The molecule has 1 fully saturated rings. The maximum absolute atomic E-state index is 13.3. The quantitative estimate of drug-likeness (QED) is 0.758. The lowest BCUT2D eigenvalue weighted by atomic mass is 9.92. The zero-order chi connectivity index (χ0) is 15.6. The number of halogens is 2. The van der Waals surface area contributed by atoms with Gasteiger partial charge in [0, 0.05) is 29.5 Å². The SMILES string of the molecule is CS(=O)(=O)N1CCCC(CC(=O)c2cc(F)cc(Br)c2)C1. The number of rotatable bonds is 4. The molecule has 21 heavy (non-hydrogen) atoms. The first-order chi connectivity index (χ1) is 9.75. The van der Waals surface area contributed by atoms with Crippen molar-refractivity contribution in [2.45, 2.75) is 19.3 Å². The van der Waals surface area contributed by atoms with Crippen molar-refractivity contribution in [1.82, 2.24) is 4.31 Å². The molecule has 7 heteroatoms. The Hall–Kier alpha value is -0.790. The fourth-order valence-corrected chi connectivity index (χ4v) is 4.00. The Morgan fingerprint density at radius 2 is 2.14 bits per heavy atom. The van der Waals surface area contributed by atoms with Crippen molar-refractivity contribution < 1.29 is 17.6 Å². The lowest BCUT2D eigenvalue weighted by Gasteiger charge is -2.30. The lowest BCUT2D eigenvalue weighted by molar-refractivity contribution is 0.0942.